The summed E-state index contributed by atoms with van der Waals surface area (Å²) in [5, 5.41) is 10.7. The molecule has 9 heteroatoms. The maximum absolute atomic E-state index is 15.0. The van der Waals surface area contributed by atoms with E-state index in [0.29, 0.717) is 23.2 Å². The molecule has 2 N–H and O–H groups in total. The van der Waals surface area contributed by atoms with Gasteiger partial charge in [-0.15, -0.1) is 0 Å². The van der Waals surface area contributed by atoms with Gasteiger partial charge in [0.25, 0.3) is 5.92 Å². The minimum Gasteiger partial charge on any atom is -0.444 e. The first-order valence-corrected chi connectivity index (χ1v) is 12.7. The number of nitrogens with zero attached hydrogens (tertiary/aromatic N) is 1. The van der Waals surface area contributed by atoms with Gasteiger partial charge < -0.3 is 20.1 Å². The van der Waals surface area contributed by atoms with Gasteiger partial charge in [-0.2, -0.15) is 0 Å². The van der Waals surface area contributed by atoms with Gasteiger partial charge in [0.1, 0.15) is 5.60 Å². The molecule has 2 atom stereocenters. The molecule has 2 rings (SSSR count). The Hall–Kier alpha value is -1.02. The first-order chi connectivity index (χ1) is 12.5. The summed E-state index contributed by atoms with van der Waals surface area (Å²) < 4.78 is 35.2. The second-order valence-corrected chi connectivity index (χ2v) is 9.72. The van der Waals surface area contributed by atoms with E-state index in [-0.39, 0.29) is 13.0 Å². The highest BCUT2D eigenvalue weighted by Crippen LogP contribution is 2.43. The Morgan fingerprint density at radius 3 is 2.67 bits per heavy atom. The van der Waals surface area contributed by atoms with Crippen molar-refractivity contribution in [2.45, 2.75) is 51.6 Å². The van der Waals surface area contributed by atoms with Gasteiger partial charge >= 0.3 is 6.09 Å². The van der Waals surface area contributed by atoms with Crippen molar-refractivity contribution in [2.75, 3.05) is 18.2 Å². The zero-order valence-electron chi connectivity index (χ0n) is 15.8. The normalized spacial score (nSPS) is 20.0. The van der Waals surface area contributed by atoms with Crippen LogP contribution in [0, 0.1) is 12.3 Å². The molecule has 1 aliphatic rings. The van der Waals surface area contributed by atoms with E-state index in [2.05, 4.69) is 27.1 Å². The molecule has 0 aliphatic carbocycles. The van der Waals surface area contributed by atoms with E-state index in [1.54, 1.807) is 39.8 Å². The van der Waals surface area contributed by atoms with Crippen LogP contribution in [0.5, 0.6) is 0 Å². The van der Waals surface area contributed by atoms with Crippen molar-refractivity contribution in [1.82, 2.24) is 4.90 Å². The molecule has 0 saturated carbocycles. The number of ether oxygens (including phenoxy) is 1. The second-order valence-electron chi connectivity index (χ2n) is 7.66. The summed E-state index contributed by atoms with van der Waals surface area (Å²) in [6.45, 7) is 6.49. The number of likely N-dealkylation sites (tertiary alicyclic amines) is 1. The molecule has 1 amide bonds. The number of piperidine rings is 1. The topological polar surface area (TPSA) is 65.4 Å². The molecule has 1 saturated heterocycles. The molecule has 1 heterocycles. The van der Waals surface area contributed by atoms with Crippen LogP contribution in [-0.4, -0.2) is 41.8 Å². The van der Waals surface area contributed by atoms with Crippen molar-refractivity contribution in [1.29, 1.82) is 5.41 Å². The Morgan fingerprint density at radius 1 is 1.48 bits per heavy atom. The first kappa shape index (κ1) is 22.3. The lowest BCUT2D eigenvalue weighted by atomic mass is 9.83. The van der Waals surface area contributed by atoms with E-state index in [1.165, 1.54) is 6.21 Å². The fourth-order valence-electron chi connectivity index (χ4n) is 3.21. The number of anilines is 1. The number of halogens is 3. The lowest BCUT2D eigenvalue weighted by molar-refractivity contribution is -0.0850. The van der Waals surface area contributed by atoms with Crippen molar-refractivity contribution < 1.29 is 18.3 Å². The molecule has 150 valence electrons. The van der Waals surface area contributed by atoms with Crippen LogP contribution in [0.2, 0.25) is 0 Å². The zero-order valence-corrected chi connectivity index (χ0v) is 19.0. The molecule has 0 spiro atoms. The third kappa shape index (κ3) is 5.50. The zero-order chi connectivity index (χ0) is 20.4. The van der Waals surface area contributed by atoms with E-state index in [9.17, 15) is 13.6 Å². The first-order valence-electron chi connectivity index (χ1n) is 8.61. The van der Waals surface area contributed by atoms with E-state index in [4.69, 9.17) is 10.1 Å². The van der Waals surface area contributed by atoms with Crippen LogP contribution in [0.3, 0.4) is 0 Å². The SMILES string of the molecule is Cc1cc(C=N)c(NPI)cc1C1CCN(C(=O)OC(C)(C)C)CC1(F)F. The van der Waals surface area contributed by atoms with Crippen molar-refractivity contribution in [2.24, 2.45) is 0 Å². The summed E-state index contributed by atoms with van der Waals surface area (Å²) in [6.07, 6.45) is 1.04. The third-order valence-electron chi connectivity index (χ3n) is 4.40. The predicted molar refractivity (Wildman–Crippen MR) is 115 cm³/mol. The molecule has 1 fully saturated rings. The number of amides is 1. The number of benzene rings is 1. The lowest BCUT2D eigenvalue weighted by Gasteiger charge is -2.39. The van der Waals surface area contributed by atoms with Crippen LogP contribution in [0.25, 0.3) is 0 Å². The van der Waals surface area contributed by atoms with Gasteiger partial charge in [0.2, 0.25) is 0 Å². The van der Waals surface area contributed by atoms with Crippen LogP contribution < -0.4 is 5.09 Å². The van der Waals surface area contributed by atoms with E-state index >= 15 is 0 Å². The Kier molecular flexibility index (Phi) is 7.06. The minimum absolute atomic E-state index is 0.156. The Labute approximate surface area is 173 Å². The number of alkyl halides is 2. The van der Waals surface area contributed by atoms with Gasteiger partial charge in [0.15, 0.2) is 0 Å². The molecule has 1 aromatic carbocycles. The molecule has 0 radical (unpaired) electrons. The largest absolute Gasteiger partial charge is 0.444 e. The van der Waals surface area contributed by atoms with Gasteiger partial charge in [-0.3, -0.25) is 0 Å². The molecular weight excluding hydrogens is 486 g/mol. The predicted octanol–water partition coefficient (Wildman–Crippen LogP) is 5.71. The van der Waals surface area contributed by atoms with Crippen molar-refractivity contribution >= 4 is 46.4 Å². The smallest absolute Gasteiger partial charge is 0.410 e. The number of carbonyl (C=O) groups is 1. The maximum atomic E-state index is 15.0. The van der Waals surface area contributed by atoms with Gasteiger partial charge in [-0.1, -0.05) is 0 Å². The van der Waals surface area contributed by atoms with Crippen LogP contribution in [-0.2, 0) is 4.74 Å². The molecule has 1 aromatic rings. The summed E-state index contributed by atoms with van der Waals surface area (Å²) in [4.78, 5) is 13.3. The van der Waals surface area contributed by atoms with Gasteiger partial charge in [0.05, 0.1) is 12.5 Å². The van der Waals surface area contributed by atoms with Crippen molar-refractivity contribution in [3.05, 3.63) is 28.8 Å². The minimum atomic E-state index is -3.06. The van der Waals surface area contributed by atoms with E-state index in [1.807, 2.05) is 0 Å². The van der Waals surface area contributed by atoms with Crippen LogP contribution in [0.15, 0.2) is 12.1 Å². The highest BCUT2D eigenvalue weighted by atomic mass is 127. The fourth-order valence-corrected chi connectivity index (χ4v) is 4.40. The fraction of sp³-hybridized carbons (Fsp3) is 0.556. The molecule has 1 aliphatic heterocycles. The highest BCUT2D eigenvalue weighted by Gasteiger charge is 2.47. The number of carbonyl (C=O) groups excluding carboxylic acids is 1. The standard InChI is InChI=1S/C18H25F2IN3O2P/c1-11-7-12(9-22)15(23-27-21)8-13(11)14-5-6-24(10-18(14,19)20)16(25)26-17(2,3)4/h7-9,14,22-23,27H,5-6,10H2,1-4H3. The number of nitrogens with one attached hydrogen (secondary N) is 2. The van der Waals surface area contributed by atoms with Crippen LogP contribution in [0.1, 0.15) is 49.8 Å². The van der Waals surface area contributed by atoms with Crippen molar-refractivity contribution in [3.8, 4) is 0 Å². The van der Waals surface area contributed by atoms with Gasteiger partial charge in [-0.05, 0) is 79.4 Å². The van der Waals surface area contributed by atoms with Gasteiger partial charge in [-0.25, -0.2) is 13.6 Å². The van der Waals surface area contributed by atoms with Crippen molar-refractivity contribution in [3.63, 3.8) is 0 Å². The van der Waals surface area contributed by atoms with E-state index < -0.39 is 30.1 Å². The summed E-state index contributed by atoms with van der Waals surface area (Å²) in [5.41, 5.74) is 1.93. The number of rotatable bonds is 4. The van der Waals surface area contributed by atoms with Crippen LogP contribution in [0.4, 0.5) is 19.3 Å². The maximum Gasteiger partial charge on any atom is 0.410 e. The summed E-state index contributed by atoms with van der Waals surface area (Å²) in [7, 11) is 0. The second kappa shape index (κ2) is 8.55. The Morgan fingerprint density at radius 2 is 2.15 bits per heavy atom. The summed E-state index contributed by atoms with van der Waals surface area (Å²) in [6, 6.07) is 3.49. The quantitative estimate of drug-likeness (QED) is 0.310. The number of hydrogen-bond donors (Lipinski definition) is 2. The summed E-state index contributed by atoms with van der Waals surface area (Å²) in [5.74, 6) is -4.04. The molecule has 0 aromatic heterocycles. The monoisotopic (exact) mass is 511 g/mol. The number of hydrogen-bond acceptors (Lipinski definition) is 4. The van der Waals surface area contributed by atoms with Gasteiger partial charge in [0, 0.05) is 30.4 Å². The van der Waals surface area contributed by atoms with E-state index in [0.717, 1.165) is 10.5 Å². The molecule has 0 bridgehead atoms. The Balaban J connectivity index is 2.27. The average Bonchev–Trinajstić information content (AvgIpc) is 2.54. The molecule has 27 heavy (non-hydrogen) atoms. The number of aryl methyl sites for hydroxylation is 1. The molecule has 5 nitrogen and oxygen atoms in total. The molecular formula is C18H25F2IN3O2P. The molecule has 2 unspecified atom stereocenters. The van der Waals surface area contributed by atoms with Crippen LogP contribution >= 0.6 is 28.4 Å². The average molecular weight is 511 g/mol. The third-order valence-corrected chi connectivity index (χ3v) is 5.57. The Bertz CT molecular complexity index is 725. The highest BCUT2D eigenvalue weighted by molar-refractivity contribution is 14.2. The lowest BCUT2D eigenvalue weighted by Crippen LogP contribution is -2.51. The summed E-state index contributed by atoms with van der Waals surface area (Å²) >= 11 is 2.16.